The zero-order valence-electron chi connectivity index (χ0n) is 15.8. The summed E-state index contributed by atoms with van der Waals surface area (Å²) < 4.78 is 54.4. The van der Waals surface area contributed by atoms with Crippen molar-refractivity contribution in [2.24, 2.45) is 0 Å². The molecule has 4 nitrogen and oxygen atoms in total. The number of nitrogens with zero attached hydrogens (tertiary/aromatic N) is 1. The number of sulfonamides is 1. The molecule has 0 aliphatic heterocycles. The van der Waals surface area contributed by atoms with E-state index < -0.39 is 26.6 Å². The standard InChI is InChI=1S/C22H16F2N2O2S2/c1-14-2-3-16(22-25-10-11-29-22)12-19(14)15-4-7-18(8-5-15)26-30(27,28)21-13-17(23)6-9-20(21)24/h2-13,26H,1H3. The molecular weight excluding hydrogens is 426 g/mol. The van der Waals surface area contributed by atoms with E-state index in [4.69, 9.17) is 0 Å². The first-order valence-electron chi connectivity index (χ1n) is 8.92. The monoisotopic (exact) mass is 442 g/mol. The number of nitrogens with one attached hydrogen (secondary N) is 1. The lowest BCUT2D eigenvalue weighted by molar-refractivity contribution is 0.555. The number of rotatable bonds is 5. The Morgan fingerprint density at radius 3 is 2.37 bits per heavy atom. The van der Waals surface area contributed by atoms with Crippen LogP contribution >= 0.6 is 11.3 Å². The SMILES string of the molecule is Cc1ccc(-c2nccs2)cc1-c1ccc(NS(=O)(=O)c2cc(F)ccc2F)cc1. The van der Waals surface area contributed by atoms with Gasteiger partial charge in [0.25, 0.3) is 10.0 Å². The topological polar surface area (TPSA) is 59.1 Å². The second-order valence-electron chi connectivity index (χ2n) is 6.62. The summed E-state index contributed by atoms with van der Waals surface area (Å²) in [5.41, 5.74) is 4.19. The summed E-state index contributed by atoms with van der Waals surface area (Å²) >= 11 is 1.55. The highest BCUT2D eigenvalue weighted by Crippen LogP contribution is 2.31. The number of anilines is 1. The number of hydrogen-bond donors (Lipinski definition) is 1. The van der Waals surface area contributed by atoms with Gasteiger partial charge in [0.1, 0.15) is 21.5 Å². The Morgan fingerprint density at radius 2 is 1.67 bits per heavy atom. The van der Waals surface area contributed by atoms with Crippen LogP contribution in [0.5, 0.6) is 0 Å². The highest BCUT2D eigenvalue weighted by molar-refractivity contribution is 7.92. The third kappa shape index (κ3) is 4.10. The third-order valence-corrected chi connectivity index (χ3v) is 6.77. The highest BCUT2D eigenvalue weighted by atomic mass is 32.2. The van der Waals surface area contributed by atoms with Crippen molar-refractivity contribution in [3.8, 4) is 21.7 Å². The van der Waals surface area contributed by atoms with E-state index in [1.54, 1.807) is 41.8 Å². The van der Waals surface area contributed by atoms with Crippen LogP contribution in [0.25, 0.3) is 21.7 Å². The first-order valence-corrected chi connectivity index (χ1v) is 11.3. The normalized spacial score (nSPS) is 11.4. The largest absolute Gasteiger partial charge is 0.280 e. The van der Waals surface area contributed by atoms with Crippen LogP contribution in [0.4, 0.5) is 14.5 Å². The van der Waals surface area contributed by atoms with E-state index in [0.717, 1.165) is 39.4 Å². The molecule has 0 spiro atoms. The molecule has 4 aromatic rings. The first kappa shape index (κ1) is 20.2. The average molecular weight is 443 g/mol. The van der Waals surface area contributed by atoms with Gasteiger partial charge in [-0.1, -0.05) is 24.3 Å². The van der Waals surface area contributed by atoms with Crippen molar-refractivity contribution in [3.05, 3.63) is 89.4 Å². The molecule has 0 aliphatic carbocycles. The first-order chi connectivity index (χ1) is 14.3. The lowest BCUT2D eigenvalue weighted by atomic mass is 9.98. The fourth-order valence-corrected chi connectivity index (χ4v) is 4.83. The van der Waals surface area contributed by atoms with Crippen LogP contribution in [0.2, 0.25) is 0 Å². The summed E-state index contributed by atoms with van der Waals surface area (Å²) in [5, 5.41) is 2.83. The average Bonchev–Trinajstić information content (AvgIpc) is 3.25. The Hall–Kier alpha value is -3.10. The van der Waals surface area contributed by atoms with E-state index >= 15 is 0 Å². The van der Waals surface area contributed by atoms with Gasteiger partial charge in [0.2, 0.25) is 0 Å². The highest BCUT2D eigenvalue weighted by Gasteiger charge is 2.20. The van der Waals surface area contributed by atoms with E-state index in [1.807, 2.05) is 30.5 Å². The van der Waals surface area contributed by atoms with E-state index in [-0.39, 0.29) is 5.69 Å². The van der Waals surface area contributed by atoms with Gasteiger partial charge in [-0.2, -0.15) is 0 Å². The van der Waals surface area contributed by atoms with E-state index in [9.17, 15) is 17.2 Å². The van der Waals surface area contributed by atoms with Gasteiger partial charge in [0.05, 0.1) is 0 Å². The fraction of sp³-hybridized carbons (Fsp3) is 0.0455. The summed E-state index contributed by atoms with van der Waals surface area (Å²) in [6.45, 7) is 1.99. The van der Waals surface area contributed by atoms with Gasteiger partial charge in [-0.3, -0.25) is 4.72 Å². The lowest BCUT2D eigenvalue weighted by Gasteiger charge is -2.11. The van der Waals surface area contributed by atoms with Gasteiger partial charge >= 0.3 is 0 Å². The predicted molar refractivity (Wildman–Crippen MR) is 115 cm³/mol. The van der Waals surface area contributed by atoms with Crippen molar-refractivity contribution in [2.45, 2.75) is 11.8 Å². The number of halogens is 2. The van der Waals surface area contributed by atoms with Gasteiger partial charge in [-0.25, -0.2) is 22.2 Å². The number of aromatic nitrogens is 1. The third-order valence-electron chi connectivity index (χ3n) is 4.55. The van der Waals surface area contributed by atoms with Crippen molar-refractivity contribution in [3.63, 3.8) is 0 Å². The molecule has 0 saturated carbocycles. The molecule has 0 atom stereocenters. The molecule has 0 aliphatic rings. The molecule has 152 valence electrons. The number of benzene rings is 3. The summed E-state index contributed by atoms with van der Waals surface area (Å²) in [5.74, 6) is -1.85. The van der Waals surface area contributed by atoms with Crippen LogP contribution < -0.4 is 4.72 Å². The second kappa shape index (κ2) is 7.97. The molecule has 0 bridgehead atoms. The lowest BCUT2D eigenvalue weighted by Crippen LogP contribution is -2.14. The molecular formula is C22H16F2N2O2S2. The summed E-state index contributed by atoms with van der Waals surface area (Å²) in [6, 6.07) is 15.1. The minimum Gasteiger partial charge on any atom is -0.280 e. The zero-order valence-corrected chi connectivity index (χ0v) is 17.4. The van der Waals surface area contributed by atoms with Crippen molar-refractivity contribution in [1.29, 1.82) is 0 Å². The zero-order chi connectivity index (χ0) is 21.3. The van der Waals surface area contributed by atoms with Gasteiger partial charge in [-0.15, -0.1) is 11.3 Å². The molecule has 1 heterocycles. The maximum atomic E-state index is 13.9. The molecule has 3 aromatic carbocycles. The maximum absolute atomic E-state index is 13.9. The van der Waals surface area contributed by atoms with Gasteiger partial charge < -0.3 is 0 Å². The molecule has 0 unspecified atom stereocenters. The molecule has 1 aromatic heterocycles. The van der Waals surface area contributed by atoms with Gasteiger partial charge in [0.15, 0.2) is 0 Å². The summed E-state index contributed by atoms with van der Waals surface area (Å²) in [6.07, 6.45) is 1.75. The summed E-state index contributed by atoms with van der Waals surface area (Å²) in [7, 11) is -4.26. The predicted octanol–water partition coefficient (Wildman–Crippen LogP) is 5.86. The van der Waals surface area contributed by atoms with Crippen molar-refractivity contribution in [2.75, 3.05) is 4.72 Å². The van der Waals surface area contributed by atoms with Crippen LogP contribution in [0.3, 0.4) is 0 Å². The Labute approximate surface area is 176 Å². The van der Waals surface area contributed by atoms with Crippen molar-refractivity contribution < 1.29 is 17.2 Å². The minimum atomic E-state index is -4.26. The summed E-state index contributed by atoms with van der Waals surface area (Å²) in [4.78, 5) is 3.59. The van der Waals surface area contributed by atoms with Gasteiger partial charge in [-0.05, 0) is 60.0 Å². The molecule has 1 N–H and O–H groups in total. The quantitative estimate of drug-likeness (QED) is 0.421. The molecule has 8 heteroatoms. The molecule has 0 radical (unpaired) electrons. The Bertz CT molecular complexity index is 1300. The maximum Gasteiger partial charge on any atom is 0.264 e. The molecule has 0 fully saturated rings. The van der Waals surface area contributed by atoms with E-state index in [2.05, 4.69) is 9.71 Å². The number of aryl methyl sites for hydroxylation is 1. The van der Waals surface area contributed by atoms with Crippen LogP contribution in [0.15, 0.2) is 77.1 Å². The molecule has 0 amide bonds. The van der Waals surface area contributed by atoms with Gasteiger partial charge in [0, 0.05) is 22.8 Å². The van der Waals surface area contributed by atoms with Crippen LogP contribution in [-0.4, -0.2) is 13.4 Å². The molecule has 30 heavy (non-hydrogen) atoms. The Morgan fingerprint density at radius 1 is 0.933 bits per heavy atom. The van der Waals surface area contributed by atoms with Crippen molar-refractivity contribution >= 4 is 27.0 Å². The fourth-order valence-electron chi connectivity index (χ4n) is 3.04. The van der Waals surface area contributed by atoms with Crippen LogP contribution in [0, 0.1) is 18.6 Å². The van der Waals surface area contributed by atoms with Crippen LogP contribution in [0.1, 0.15) is 5.56 Å². The molecule has 0 saturated heterocycles. The van der Waals surface area contributed by atoms with Crippen LogP contribution in [-0.2, 0) is 10.0 Å². The molecule has 4 rings (SSSR count). The Kier molecular flexibility index (Phi) is 5.36. The second-order valence-corrected chi connectivity index (χ2v) is 9.17. The minimum absolute atomic E-state index is 0.246. The van der Waals surface area contributed by atoms with E-state index in [1.165, 1.54) is 0 Å². The number of hydrogen-bond acceptors (Lipinski definition) is 4. The Balaban J connectivity index is 1.62. The number of thiazole rings is 1. The van der Waals surface area contributed by atoms with Crippen molar-refractivity contribution in [1.82, 2.24) is 4.98 Å². The smallest absolute Gasteiger partial charge is 0.264 e. The van der Waals surface area contributed by atoms with E-state index in [0.29, 0.717) is 6.07 Å².